The zero-order valence-electron chi connectivity index (χ0n) is 13.8. The van der Waals surface area contributed by atoms with Crippen LogP contribution in [0.2, 0.25) is 10.0 Å². The Kier molecular flexibility index (Phi) is 5.96. The van der Waals surface area contributed by atoms with Crippen molar-refractivity contribution in [1.29, 1.82) is 5.26 Å². The molecular formula is C22H15Cl2NO. The van der Waals surface area contributed by atoms with Crippen LogP contribution in [0.5, 0.6) is 5.75 Å². The lowest BCUT2D eigenvalue weighted by molar-refractivity contribution is 0.306. The van der Waals surface area contributed by atoms with Gasteiger partial charge in [-0.15, -0.1) is 0 Å². The minimum Gasteiger partial charge on any atom is -0.489 e. The van der Waals surface area contributed by atoms with E-state index >= 15 is 0 Å². The van der Waals surface area contributed by atoms with E-state index in [2.05, 4.69) is 6.07 Å². The van der Waals surface area contributed by atoms with Crippen LogP contribution in [0.25, 0.3) is 11.6 Å². The predicted molar refractivity (Wildman–Crippen MR) is 107 cm³/mol. The smallest absolute Gasteiger partial charge is 0.120 e. The van der Waals surface area contributed by atoms with E-state index in [0.717, 1.165) is 22.4 Å². The topological polar surface area (TPSA) is 33.0 Å². The summed E-state index contributed by atoms with van der Waals surface area (Å²) in [6.07, 6.45) is 1.80. The molecule has 128 valence electrons. The van der Waals surface area contributed by atoms with Crippen LogP contribution in [-0.2, 0) is 6.61 Å². The van der Waals surface area contributed by atoms with Crippen molar-refractivity contribution in [2.75, 3.05) is 0 Å². The van der Waals surface area contributed by atoms with Crippen molar-refractivity contribution >= 4 is 34.9 Å². The molecule has 3 aromatic rings. The molecule has 0 unspecified atom stereocenters. The second-order valence-corrected chi connectivity index (χ2v) is 6.46. The lowest BCUT2D eigenvalue weighted by atomic mass is 10.0. The molecule has 0 aromatic heterocycles. The third-order valence-corrected chi connectivity index (χ3v) is 4.51. The first-order chi connectivity index (χ1) is 12.7. The van der Waals surface area contributed by atoms with Crippen LogP contribution in [0, 0.1) is 11.3 Å². The number of ether oxygens (including phenoxy) is 1. The van der Waals surface area contributed by atoms with E-state index in [-0.39, 0.29) is 0 Å². The summed E-state index contributed by atoms with van der Waals surface area (Å²) < 4.78 is 5.84. The van der Waals surface area contributed by atoms with Crippen molar-refractivity contribution in [3.05, 3.63) is 99.5 Å². The maximum atomic E-state index is 9.50. The van der Waals surface area contributed by atoms with Crippen LogP contribution in [-0.4, -0.2) is 0 Å². The molecule has 0 amide bonds. The zero-order chi connectivity index (χ0) is 18.4. The third kappa shape index (κ3) is 4.67. The quantitative estimate of drug-likeness (QED) is 0.367. The normalized spacial score (nSPS) is 11.0. The van der Waals surface area contributed by atoms with E-state index < -0.39 is 0 Å². The van der Waals surface area contributed by atoms with Crippen molar-refractivity contribution in [3.8, 4) is 11.8 Å². The number of nitriles is 1. The molecule has 3 rings (SSSR count). The Morgan fingerprint density at radius 1 is 0.923 bits per heavy atom. The van der Waals surface area contributed by atoms with Crippen molar-refractivity contribution in [1.82, 2.24) is 0 Å². The molecule has 0 heterocycles. The van der Waals surface area contributed by atoms with Gasteiger partial charge in [0.15, 0.2) is 0 Å². The molecule has 0 aliphatic carbocycles. The maximum absolute atomic E-state index is 9.50. The SMILES string of the molecule is N#C/C(=C/c1cccc(OCc2ccccc2)c1)c1ccc(Cl)c(Cl)c1. The van der Waals surface area contributed by atoms with Gasteiger partial charge in [0.25, 0.3) is 0 Å². The Bertz CT molecular complexity index is 975. The summed E-state index contributed by atoms with van der Waals surface area (Å²) in [6.45, 7) is 0.492. The largest absolute Gasteiger partial charge is 0.489 e. The van der Waals surface area contributed by atoms with E-state index in [1.807, 2.05) is 54.6 Å². The molecule has 0 spiro atoms. The van der Waals surface area contributed by atoms with E-state index in [1.165, 1.54) is 0 Å². The summed E-state index contributed by atoms with van der Waals surface area (Å²) >= 11 is 12.0. The number of allylic oxidation sites excluding steroid dienone is 1. The second-order valence-electron chi connectivity index (χ2n) is 5.65. The molecule has 0 saturated carbocycles. The molecule has 0 bridgehead atoms. The van der Waals surface area contributed by atoms with Crippen molar-refractivity contribution in [2.24, 2.45) is 0 Å². The van der Waals surface area contributed by atoms with Gasteiger partial charge in [0.1, 0.15) is 12.4 Å². The number of halogens is 2. The molecule has 2 nitrogen and oxygen atoms in total. The lowest BCUT2D eigenvalue weighted by Crippen LogP contribution is -1.95. The third-order valence-electron chi connectivity index (χ3n) is 3.77. The first-order valence-electron chi connectivity index (χ1n) is 8.00. The highest BCUT2D eigenvalue weighted by atomic mass is 35.5. The fourth-order valence-corrected chi connectivity index (χ4v) is 2.74. The van der Waals surface area contributed by atoms with Crippen LogP contribution in [0.3, 0.4) is 0 Å². The number of hydrogen-bond acceptors (Lipinski definition) is 2. The van der Waals surface area contributed by atoms with E-state index in [1.54, 1.807) is 24.3 Å². The molecule has 0 aliphatic heterocycles. The maximum Gasteiger partial charge on any atom is 0.120 e. The van der Waals surface area contributed by atoms with Crippen LogP contribution >= 0.6 is 23.2 Å². The van der Waals surface area contributed by atoms with E-state index in [0.29, 0.717) is 22.2 Å². The van der Waals surface area contributed by atoms with Gasteiger partial charge in [0, 0.05) is 0 Å². The highest BCUT2D eigenvalue weighted by Gasteiger charge is 2.05. The predicted octanol–water partition coefficient (Wildman–Crippen LogP) is 6.64. The van der Waals surface area contributed by atoms with E-state index in [9.17, 15) is 5.26 Å². The van der Waals surface area contributed by atoms with Crippen molar-refractivity contribution in [3.63, 3.8) is 0 Å². The molecule has 0 aliphatic rings. The Labute approximate surface area is 162 Å². The molecule has 4 heteroatoms. The summed E-state index contributed by atoms with van der Waals surface area (Å²) in [7, 11) is 0. The highest BCUT2D eigenvalue weighted by Crippen LogP contribution is 2.27. The molecule has 0 radical (unpaired) electrons. The van der Waals surface area contributed by atoms with Gasteiger partial charge in [0.05, 0.1) is 21.7 Å². The Balaban J connectivity index is 1.81. The van der Waals surface area contributed by atoms with Crippen LogP contribution < -0.4 is 4.74 Å². The van der Waals surface area contributed by atoms with Crippen LogP contribution in [0.1, 0.15) is 16.7 Å². The number of benzene rings is 3. The first-order valence-corrected chi connectivity index (χ1v) is 8.75. The van der Waals surface area contributed by atoms with Crippen molar-refractivity contribution < 1.29 is 4.74 Å². The Morgan fingerprint density at radius 3 is 2.46 bits per heavy atom. The van der Waals surface area contributed by atoms with Crippen molar-refractivity contribution in [2.45, 2.75) is 6.61 Å². The van der Waals surface area contributed by atoms with Gasteiger partial charge in [-0.25, -0.2) is 0 Å². The second kappa shape index (κ2) is 8.58. The van der Waals surface area contributed by atoms with Crippen LogP contribution in [0.4, 0.5) is 0 Å². The molecule has 0 fully saturated rings. The monoisotopic (exact) mass is 379 g/mol. The summed E-state index contributed by atoms with van der Waals surface area (Å²) in [5, 5.41) is 10.4. The molecule has 0 atom stereocenters. The zero-order valence-corrected chi connectivity index (χ0v) is 15.3. The minimum atomic E-state index is 0.422. The highest BCUT2D eigenvalue weighted by molar-refractivity contribution is 6.42. The van der Waals surface area contributed by atoms with Gasteiger partial charge >= 0.3 is 0 Å². The number of nitrogens with zero attached hydrogens (tertiary/aromatic N) is 1. The fraction of sp³-hybridized carbons (Fsp3) is 0.0455. The molecule has 26 heavy (non-hydrogen) atoms. The minimum absolute atomic E-state index is 0.422. The molecular weight excluding hydrogens is 365 g/mol. The summed E-state index contributed by atoms with van der Waals surface area (Å²) in [5.41, 5.74) is 3.20. The van der Waals surface area contributed by atoms with Gasteiger partial charge in [-0.05, 0) is 47.0 Å². The van der Waals surface area contributed by atoms with E-state index in [4.69, 9.17) is 27.9 Å². The first kappa shape index (κ1) is 18.1. The molecule has 3 aromatic carbocycles. The average molecular weight is 380 g/mol. The Hall–Kier alpha value is -2.73. The standard InChI is InChI=1S/C22H15Cl2NO/c23-21-10-9-18(13-22(21)24)19(14-25)11-17-7-4-8-20(12-17)26-15-16-5-2-1-3-6-16/h1-13H,15H2/b19-11-. The molecule has 0 N–H and O–H groups in total. The van der Waals surface area contributed by atoms with Gasteiger partial charge in [-0.2, -0.15) is 5.26 Å². The summed E-state index contributed by atoms with van der Waals surface area (Å²) in [5.74, 6) is 0.744. The van der Waals surface area contributed by atoms with Gasteiger partial charge in [-0.3, -0.25) is 0 Å². The lowest BCUT2D eigenvalue weighted by Gasteiger charge is -2.07. The average Bonchev–Trinajstić information content (AvgIpc) is 2.68. The number of hydrogen-bond donors (Lipinski definition) is 0. The molecule has 0 saturated heterocycles. The number of rotatable bonds is 5. The summed E-state index contributed by atoms with van der Waals surface area (Å²) in [6, 6.07) is 24.9. The van der Waals surface area contributed by atoms with Crippen LogP contribution in [0.15, 0.2) is 72.8 Å². The fourth-order valence-electron chi connectivity index (χ4n) is 2.45. The van der Waals surface area contributed by atoms with Gasteiger partial charge < -0.3 is 4.74 Å². The van der Waals surface area contributed by atoms with Gasteiger partial charge in [0.2, 0.25) is 0 Å². The summed E-state index contributed by atoms with van der Waals surface area (Å²) in [4.78, 5) is 0. The van der Waals surface area contributed by atoms with Gasteiger partial charge in [-0.1, -0.05) is 71.7 Å². The Morgan fingerprint density at radius 2 is 1.73 bits per heavy atom.